The molecule has 0 aliphatic carbocycles. The number of sulfone groups is 1. The normalized spacial score (nSPS) is 19.0. The average Bonchev–Trinajstić information content (AvgIpc) is 2.93. The predicted octanol–water partition coefficient (Wildman–Crippen LogP) is 0.747. The van der Waals surface area contributed by atoms with E-state index in [-0.39, 0.29) is 9.79 Å². The van der Waals surface area contributed by atoms with Crippen LogP contribution >= 0.6 is 0 Å². The highest BCUT2D eigenvalue weighted by Gasteiger charge is 2.23. The van der Waals surface area contributed by atoms with E-state index in [2.05, 4.69) is 15.6 Å². The number of hydrazine groups is 1. The van der Waals surface area contributed by atoms with Crippen molar-refractivity contribution in [3.63, 3.8) is 0 Å². The Morgan fingerprint density at radius 1 is 1.08 bits per heavy atom. The Balaban J connectivity index is 1.95. The van der Waals surface area contributed by atoms with E-state index in [0.29, 0.717) is 11.4 Å². The second-order valence-corrected chi connectivity index (χ2v) is 6.95. The van der Waals surface area contributed by atoms with Crippen molar-refractivity contribution in [3.8, 4) is 0 Å². The maximum Gasteiger partial charge on any atom is 0.208 e. The van der Waals surface area contributed by atoms with Crippen molar-refractivity contribution in [1.82, 2.24) is 5.12 Å². The fourth-order valence-corrected chi connectivity index (χ4v) is 3.58. The molecule has 2 aromatic carbocycles. The Kier molecular flexibility index (Phi) is 4.30. The van der Waals surface area contributed by atoms with Gasteiger partial charge in [0.2, 0.25) is 9.84 Å². The summed E-state index contributed by atoms with van der Waals surface area (Å²) in [6.45, 7) is 0. The number of para-hydroxylation sites is 1. The van der Waals surface area contributed by atoms with Crippen LogP contribution in [-0.4, -0.2) is 31.6 Å². The van der Waals surface area contributed by atoms with E-state index >= 15 is 0 Å². The molecule has 2 aromatic rings. The molecule has 0 aromatic heterocycles. The van der Waals surface area contributed by atoms with Gasteiger partial charge in [0, 0.05) is 0 Å². The quantitative estimate of drug-likeness (QED) is 0.555. The molecule has 9 heteroatoms. The zero-order valence-corrected chi connectivity index (χ0v) is 13.4. The van der Waals surface area contributed by atoms with Crippen molar-refractivity contribution in [2.75, 3.05) is 5.43 Å². The third-order valence-corrected chi connectivity index (χ3v) is 5.27. The zero-order valence-electron chi connectivity index (χ0n) is 12.6. The van der Waals surface area contributed by atoms with Crippen molar-refractivity contribution < 1.29 is 8.42 Å². The van der Waals surface area contributed by atoms with Gasteiger partial charge in [-0.15, -0.1) is 0 Å². The number of nitrogens with one attached hydrogen (secondary N) is 1. The fraction of sp³-hybridized carbons (Fsp3) is 0.0667. The lowest BCUT2D eigenvalue weighted by Crippen LogP contribution is -2.44. The van der Waals surface area contributed by atoms with Crippen LogP contribution in [0.2, 0.25) is 0 Å². The molecule has 1 atom stereocenters. The van der Waals surface area contributed by atoms with E-state index in [9.17, 15) is 8.42 Å². The summed E-state index contributed by atoms with van der Waals surface area (Å²) in [7, 11) is -3.67. The predicted molar refractivity (Wildman–Crippen MR) is 91.9 cm³/mol. The lowest BCUT2D eigenvalue weighted by molar-refractivity contribution is 0.280. The first-order valence-electron chi connectivity index (χ1n) is 7.06. The monoisotopic (exact) mass is 344 g/mol. The van der Waals surface area contributed by atoms with E-state index in [1.54, 1.807) is 48.5 Å². The van der Waals surface area contributed by atoms with Crippen LogP contribution in [0.5, 0.6) is 0 Å². The first-order valence-corrected chi connectivity index (χ1v) is 8.55. The molecule has 124 valence electrons. The topological polar surface area (TPSA) is 126 Å². The lowest BCUT2D eigenvalue weighted by atomic mass is 10.3. The summed E-state index contributed by atoms with van der Waals surface area (Å²) in [5.41, 5.74) is 9.26. The summed E-state index contributed by atoms with van der Waals surface area (Å²) < 4.78 is 25.6. The Morgan fingerprint density at radius 3 is 2.42 bits per heavy atom. The molecule has 3 rings (SSSR count). The number of nitrogens with two attached hydrogens (primary N) is 2. The highest BCUT2D eigenvalue weighted by Crippen LogP contribution is 2.27. The number of rotatable bonds is 4. The number of hydrogen-bond acceptors (Lipinski definition) is 8. The average molecular weight is 344 g/mol. The van der Waals surface area contributed by atoms with Crippen molar-refractivity contribution in [1.29, 1.82) is 0 Å². The van der Waals surface area contributed by atoms with Gasteiger partial charge in [-0.1, -0.05) is 30.3 Å². The van der Waals surface area contributed by atoms with Crippen molar-refractivity contribution >= 4 is 27.5 Å². The van der Waals surface area contributed by atoms with Crippen LogP contribution in [0, 0.1) is 0 Å². The molecule has 0 radical (unpaired) electrons. The zero-order chi connectivity index (χ0) is 17.2. The van der Waals surface area contributed by atoms with E-state index < -0.39 is 16.0 Å². The van der Waals surface area contributed by atoms with Gasteiger partial charge in [-0.05, 0) is 24.3 Å². The van der Waals surface area contributed by atoms with E-state index in [1.807, 2.05) is 0 Å². The summed E-state index contributed by atoms with van der Waals surface area (Å²) in [6, 6.07) is 14.7. The maximum atomic E-state index is 12.8. The largest absolute Gasteiger partial charge is 0.303 e. The van der Waals surface area contributed by atoms with Gasteiger partial charge < -0.3 is 5.73 Å². The first kappa shape index (κ1) is 16.1. The second kappa shape index (κ2) is 6.40. The molecule has 1 heterocycles. The standard InChI is InChI=1S/C15H16N6O2S/c16-15-13(10-18-21(15)17)20-19-12-8-4-5-9-14(12)24(22,23)11-6-2-1-3-7-11/h1-10,15,19H,16-17H2. The molecule has 0 bridgehead atoms. The van der Waals surface area contributed by atoms with Gasteiger partial charge in [0.25, 0.3) is 0 Å². The van der Waals surface area contributed by atoms with Gasteiger partial charge >= 0.3 is 0 Å². The summed E-state index contributed by atoms with van der Waals surface area (Å²) in [5.74, 6) is 5.52. The molecule has 1 aliphatic rings. The number of anilines is 1. The van der Waals surface area contributed by atoms with Crippen LogP contribution < -0.4 is 17.0 Å². The van der Waals surface area contributed by atoms with Crippen LogP contribution in [0.1, 0.15) is 0 Å². The summed E-state index contributed by atoms with van der Waals surface area (Å²) in [6.07, 6.45) is 0.724. The summed E-state index contributed by atoms with van der Waals surface area (Å²) >= 11 is 0. The minimum atomic E-state index is -3.67. The van der Waals surface area contributed by atoms with E-state index in [1.165, 1.54) is 12.3 Å². The number of hydrazone groups is 2. The van der Waals surface area contributed by atoms with Crippen LogP contribution in [0.25, 0.3) is 0 Å². The van der Waals surface area contributed by atoms with Crippen LogP contribution in [0.15, 0.2) is 74.6 Å². The Labute approximate surface area is 139 Å². The smallest absolute Gasteiger partial charge is 0.208 e. The summed E-state index contributed by atoms with van der Waals surface area (Å²) in [4.78, 5) is 0.327. The molecular weight excluding hydrogens is 328 g/mol. The minimum absolute atomic E-state index is 0.119. The molecule has 1 unspecified atom stereocenters. The number of benzene rings is 2. The molecule has 0 spiro atoms. The van der Waals surface area contributed by atoms with Crippen LogP contribution in [0.4, 0.5) is 5.69 Å². The van der Waals surface area contributed by atoms with Gasteiger partial charge in [-0.25, -0.2) is 19.4 Å². The highest BCUT2D eigenvalue weighted by atomic mass is 32.2. The molecular formula is C15H16N6O2S. The molecule has 0 saturated carbocycles. The molecule has 0 saturated heterocycles. The van der Waals surface area contributed by atoms with E-state index in [0.717, 1.165) is 5.12 Å². The molecule has 1 aliphatic heterocycles. The van der Waals surface area contributed by atoms with Gasteiger partial charge in [0.1, 0.15) is 5.71 Å². The van der Waals surface area contributed by atoms with Gasteiger partial charge in [0.05, 0.1) is 21.7 Å². The Bertz CT molecular complexity index is 895. The van der Waals surface area contributed by atoms with Crippen molar-refractivity contribution in [2.24, 2.45) is 21.8 Å². The van der Waals surface area contributed by atoms with E-state index in [4.69, 9.17) is 11.6 Å². The van der Waals surface area contributed by atoms with Crippen molar-refractivity contribution in [3.05, 3.63) is 54.6 Å². The minimum Gasteiger partial charge on any atom is -0.303 e. The molecule has 0 amide bonds. The van der Waals surface area contributed by atoms with Crippen LogP contribution in [0.3, 0.4) is 0 Å². The molecule has 0 fully saturated rings. The van der Waals surface area contributed by atoms with Gasteiger partial charge in [-0.3, -0.25) is 5.43 Å². The first-order chi connectivity index (χ1) is 11.5. The molecule has 8 nitrogen and oxygen atoms in total. The highest BCUT2D eigenvalue weighted by molar-refractivity contribution is 7.91. The Hall–Kier alpha value is -2.75. The molecule has 5 N–H and O–H groups in total. The van der Waals surface area contributed by atoms with Crippen molar-refractivity contribution in [2.45, 2.75) is 16.0 Å². The maximum absolute atomic E-state index is 12.8. The van der Waals surface area contributed by atoms with Gasteiger partial charge in [0.15, 0.2) is 6.17 Å². The summed E-state index contributed by atoms with van der Waals surface area (Å²) in [5, 5.41) is 8.96. The number of hydrogen-bond donors (Lipinski definition) is 3. The Morgan fingerprint density at radius 2 is 1.75 bits per heavy atom. The second-order valence-electron chi connectivity index (χ2n) is 5.03. The SMILES string of the molecule is NC1C(=NNc2ccccc2S(=O)(=O)c2ccccc2)C=NN1N. The fourth-order valence-electron chi connectivity index (χ4n) is 2.15. The third-order valence-electron chi connectivity index (χ3n) is 3.45. The molecule has 24 heavy (non-hydrogen) atoms. The van der Waals surface area contributed by atoms with Crippen LogP contribution in [-0.2, 0) is 9.84 Å². The lowest BCUT2D eigenvalue weighted by Gasteiger charge is -2.13. The van der Waals surface area contributed by atoms with Gasteiger partial charge in [-0.2, -0.15) is 10.2 Å². The third kappa shape index (κ3) is 3.00. The number of nitrogens with zero attached hydrogens (tertiary/aromatic N) is 3.